The number of fused-ring (bicyclic) bond motifs is 1. The van der Waals surface area contributed by atoms with E-state index in [0.29, 0.717) is 17.5 Å². The molecule has 3 aromatic carbocycles. The highest BCUT2D eigenvalue weighted by atomic mass is 79.9. The number of aliphatic hydroxyl groups is 1. The Morgan fingerprint density at radius 1 is 1.07 bits per heavy atom. The highest BCUT2D eigenvalue weighted by Gasteiger charge is 2.26. The van der Waals surface area contributed by atoms with Crippen LogP contribution in [-0.4, -0.2) is 22.9 Å². The van der Waals surface area contributed by atoms with E-state index in [4.69, 9.17) is 4.74 Å². The number of anilines is 1. The molecule has 3 aromatic rings. The van der Waals surface area contributed by atoms with Gasteiger partial charge in [0, 0.05) is 27.7 Å². The summed E-state index contributed by atoms with van der Waals surface area (Å²) in [6.07, 6.45) is -0.673. The lowest BCUT2D eigenvalue weighted by Crippen LogP contribution is -2.22. The zero-order valence-corrected chi connectivity index (χ0v) is 17.0. The van der Waals surface area contributed by atoms with Crippen LogP contribution in [0.5, 0.6) is 5.75 Å². The standard InChI is InChI=1S/C22H22BrNO4/c1-14(12-13-25)21(28-22(27)24-16-8-6-15(23)7-9-16)19-10-11-20(26)18-5-3-2-4-17(18)19/h2-11,14,21,25-26H,12-13H2,1H3,(H,24,27)/t14-,21+/m1/s1. The molecule has 3 N–H and O–H groups in total. The largest absolute Gasteiger partial charge is 0.507 e. The number of hydrogen-bond acceptors (Lipinski definition) is 4. The van der Waals surface area contributed by atoms with Crippen molar-refractivity contribution in [2.24, 2.45) is 5.92 Å². The van der Waals surface area contributed by atoms with Crippen molar-refractivity contribution in [1.82, 2.24) is 0 Å². The number of amides is 1. The Morgan fingerprint density at radius 2 is 1.75 bits per heavy atom. The number of aliphatic hydroxyl groups excluding tert-OH is 1. The molecule has 6 heteroatoms. The van der Waals surface area contributed by atoms with Gasteiger partial charge in [-0.05, 0) is 48.1 Å². The van der Waals surface area contributed by atoms with Crippen molar-refractivity contribution >= 4 is 38.5 Å². The Labute approximate surface area is 172 Å². The van der Waals surface area contributed by atoms with Gasteiger partial charge in [0.15, 0.2) is 0 Å². The molecule has 0 bridgehead atoms. The zero-order chi connectivity index (χ0) is 20.1. The van der Waals surface area contributed by atoms with E-state index in [0.717, 1.165) is 15.4 Å². The summed E-state index contributed by atoms with van der Waals surface area (Å²) in [6.45, 7) is 1.92. The van der Waals surface area contributed by atoms with Crippen molar-refractivity contribution in [2.75, 3.05) is 11.9 Å². The van der Waals surface area contributed by atoms with E-state index in [9.17, 15) is 15.0 Å². The molecular formula is C22H22BrNO4. The van der Waals surface area contributed by atoms with Gasteiger partial charge in [-0.2, -0.15) is 0 Å². The molecule has 146 valence electrons. The van der Waals surface area contributed by atoms with Crippen LogP contribution in [0.15, 0.2) is 65.1 Å². The van der Waals surface area contributed by atoms with Crippen LogP contribution in [0.4, 0.5) is 10.5 Å². The minimum atomic E-state index is -0.576. The molecule has 0 heterocycles. The Morgan fingerprint density at radius 3 is 2.43 bits per heavy atom. The smallest absolute Gasteiger partial charge is 0.412 e. The van der Waals surface area contributed by atoms with Crippen LogP contribution in [0, 0.1) is 5.92 Å². The number of aromatic hydroxyl groups is 1. The number of carbonyl (C=O) groups is 1. The second kappa shape index (κ2) is 9.08. The molecule has 0 saturated carbocycles. The maximum absolute atomic E-state index is 12.5. The lowest BCUT2D eigenvalue weighted by Gasteiger charge is -2.25. The van der Waals surface area contributed by atoms with Gasteiger partial charge in [-0.1, -0.05) is 53.2 Å². The molecule has 0 unspecified atom stereocenters. The molecule has 5 nitrogen and oxygen atoms in total. The summed E-state index contributed by atoms with van der Waals surface area (Å²) in [5.74, 6) is 0.0563. The number of phenols is 1. The van der Waals surface area contributed by atoms with Crippen LogP contribution in [0.2, 0.25) is 0 Å². The van der Waals surface area contributed by atoms with E-state index in [1.165, 1.54) is 0 Å². The minimum absolute atomic E-state index is 0.00856. The lowest BCUT2D eigenvalue weighted by atomic mass is 9.91. The molecule has 0 aromatic heterocycles. The molecule has 3 rings (SSSR count). The minimum Gasteiger partial charge on any atom is -0.507 e. The van der Waals surface area contributed by atoms with Crippen LogP contribution in [-0.2, 0) is 4.74 Å². The van der Waals surface area contributed by atoms with Crippen LogP contribution < -0.4 is 5.32 Å². The van der Waals surface area contributed by atoms with Gasteiger partial charge in [0.25, 0.3) is 0 Å². The Kier molecular flexibility index (Phi) is 6.54. The number of phenolic OH excluding ortho intramolecular Hbond substituents is 1. The Hall–Kier alpha value is -2.57. The lowest BCUT2D eigenvalue weighted by molar-refractivity contribution is 0.0676. The fourth-order valence-corrected chi connectivity index (χ4v) is 3.46. The van der Waals surface area contributed by atoms with E-state index < -0.39 is 12.2 Å². The first-order valence-electron chi connectivity index (χ1n) is 9.04. The first-order chi connectivity index (χ1) is 13.5. The number of ether oxygens (including phenoxy) is 1. The average Bonchev–Trinajstić information content (AvgIpc) is 2.69. The quantitative estimate of drug-likeness (QED) is 0.462. The molecule has 1 amide bonds. The summed E-state index contributed by atoms with van der Waals surface area (Å²) in [5.41, 5.74) is 1.41. The summed E-state index contributed by atoms with van der Waals surface area (Å²) in [7, 11) is 0. The van der Waals surface area contributed by atoms with Crippen molar-refractivity contribution in [1.29, 1.82) is 0 Å². The average molecular weight is 444 g/mol. The predicted molar refractivity (Wildman–Crippen MR) is 113 cm³/mol. The van der Waals surface area contributed by atoms with Gasteiger partial charge in [-0.25, -0.2) is 4.79 Å². The maximum Gasteiger partial charge on any atom is 0.412 e. The molecule has 0 spiro atoms. The van der Waals surface area contributed by atoms with Gasteiger partial charge in [0.1, 0.15) is 11.9 Å². The summed E-state index contributed by atoms with van der Waals surface area (Å²) in [5, 5.41) is 23.8. The molecule has 2 atom stereocenters. The van der Waals surface area contributed by atoms with Crippen LogP contribution in [0.1, 0.15) is 25.0 Å². The number of rotatable bonds is 6. The topological polar surface area (TPSA) is 78.8 Å². The van der Waals surface area contributed by atoms with Crippen molar-refractivity contribution in [3.05, 3.63) is 70.7 Å². The molecule has 0 aliphatic heterocycles. The van der Waals surface area contributed by atoms with Crippen LogP contribution >= 0.6 is 15.9 Å². The molecule has 0 fully saturated rings. The van der Waals surface area contributed by atoms with E-state index in [-0.39, 0.29) is 18.3 Å². The summed E-state index contributed by atoms with van der Waals surface area (Å²) < 4.78 is 6.69. The molecule has 0 saturated heterocycles. The fourth-order valence-electron chi connectivity index (χ4n) is 3.19. The van der Waals surface area contributed by atoms with Crippen molar-refractivity contribution < 1.29 is 19.7 Å². The zero-order valence-electron chi connectivity index (χ0n) is 15.4. The third kappa shape index (κ3) is 4.64. The number of benzene rings is 3. The highest BCUT2D eigenvalue weighted by molar-refractivity contribution is 9.10. The molecule has 0 aliphatic rings. The molecule has 0 radical (unpaired) electrons. The first kappa shape index (κ1) is 20.2. The fraction of sp³-hybridized carbons (Fsp3) is 0.227. The molecule has 28 heavy (non-hydrogen) atoms. The van der Waals surface area contributed by atoms with Gasteiger partial charge in [-0.3, -0.25) is 5.32 Å². The van der Waals surface area contributed by atoms with E-state index >= 15 is 0 Å². The third-order valence-corrected chi connectivity index (χ3v) is 5.20. The first-order valence-corrected chi connectivity index (χ1v) is 9.83. The van der Waals surface area contributed by atoms with Gasteiger partial charge in [0.05, 0.1) is 0 Å². The van der Waals surface area contributed by atoms with E-state index in [2.05, 4.69) is 21.2 Å². The SMILES string of the molecule is C[C@H](CCO)[C@H](OC(=O)Nc1ccc(Br)cc1)c1ccc(O)c2ccccc12. The summed E-state index contributed by atoms with van der Waals surface area (Å²) in [6, 6.07) is 18.0. The highest BCUT2D eigenvalue weighted by Crippen LogP contribution is 2.36. The Bertz CT molecular complexity index is 958. The second-order valence-corrected chi connectivity index (χ2v) is 7.58. The van der Waals surface area contributed by atoms with Gasteiger partial charge in [-0.15, -0.1) is 0 Å². The number of hydrogen-bond donors (Lipinski definition) is 3. The molecule has 0 aliphatic carbocycles. The Balaban J connectivity index is 1.90. The van der Waals surface area contributed by atoms with Crippen molar-refractivity contribution in [3.63, 3.8) is 0 Å². The summed E-state index contributed by atoms with van der Waals surface area (Å²) in [4.78, 5) is 12.5. The van der Waals surface area contributed by atoms with Crippen LogP contribution in [0.25, 0.3) is 10.8 Å². The number of carbonyl (C=O) groups excluding carboxylic acids is 1. The van der Waals surface area contributed by atoms with Gasteiger partial charge >= 0.3 is 6.09 Å². The monoisotopic (exact) mass is 443 g/mol. The van der Waals surface area contributed by atoms with Crippen molar-refractivity contribution in [3.8, 4) is 5.75 Å². The van der Waals surface area contributed by atoms with Gasteiger partial charge < -0.3 is 14.9 Å². The van der Waals surface area contributed by atoms with Crippen LogP contribution in [0.3, 0.4) is 0 Å². The second-order valence-electron chi connectivity index (χ2n) is 6.67. The maximum atomic E-state index is 12.5. The third-order valence-electron chi connectivity index (χ3n) is 4.67. The predicted octanol–water partition coefficient (Wildman–Crippen LogP) is 5.62. The van der Waals surface area contributed by atoms with Gasteiger partial charge in [0.2, 0.25) is 0 Å². The van der Waals surface area contributed by atoms with E-state index in [1.807, 2.05) is 43.3 Å². The van der Waals surface area contributed by atoms with E-state index in [1.54, 1.807) is 24.3 Å². The molecular weight excluding hydrogens is 422 g/mol. The normalized spacial score (nSPS) is 13.1. The number of nitrogens with one attached hydrogen (secondary N) is 1. The number of halogens is 1. The summed E-state index contributed by atoms with van der Waals surface area (Å²) >= 11 is 3.36. The van der Waals surface area contributed by atoms with Crippen molar-refractivity contribution in [2.45, 2.75) is 19.4 Å².